The van der Waals surface area contributed by atoms with Crippen LogP contribution in [0.1, 0.15) is 25.8 Å². The van der Waals surface area contributed by atoms with Crippen LogP contribution in [0.5, 0.6) is 0 Å². The average molecular weight is 468 g/mol. The van der Waals surface area contributed by atoms with Gasteiger partial charge in [0.15, 0.2) is 0 Å². The maximum Gasteiger partial charge on any atom is 0.243 e. The fraction of sp³-hybridized carbons (Fsp3) is 0.417. The number of fused-ring (bicyclic) bond motifs is 1. The zero-order chi connectivity index (χ0) is 23.0. The number of aromatic nitrogens is 2. The molecule has 1 unspecified atom stereocenters. The lowest BCUT2D eigenvalue weighted by Gasteiger charge is -2.33. The van der Waals surface area contributed by atoms with Crippen LogP contribution in [0.25, 0.3) is 10.8 Å². The lowest BCUT2D eigenvalue weighted by Crippen LogP contribution is -2.50. The lowest BCUT2D eigenvalue weighted by molar-refractivity contribution is -0.117. The van der Waals surface area contributed by atoms with Crippen molar-refractivity contribution in [1.82, 2.24) is 19.0 Å². The molecule has 8 nitrogen and oxygen atoms in total. The van der Waals surface area contributed by atoms with E-state index in [9.17, 15) is 13.2 Å². The molecular formula is C24H29N5O3S. The Morgan fingerprint density at radius 3 is 2.52 bits per heavy atom. The minimum absolute atomic E-state index is 0.106. The molecule has 2 aromatic carbocycles. The molecule has 2 heterocycles. The van der Waals surface area contributed by atoms with E-state index >= 15 is 0 Å². The Morgan fingerprint density at radius 1 is 1.06 bits per heavy atom. The van der Waals surface area contributed by atoms with Crippen LogP contribution in [0.4, 0.5) is 5.82 Å². The molecule has 1 saturated heterocycles. The van der Waals surface area contributed by atoms with E-state index in [4.69, 9.17) is 0 Å². The minimum Gasteiger partial charge on any atom is -0.310 e. The summed E-state index contributed by atoms with van der Waals surface area (Å²) in [6.07, 6.45) is 4.13. The number of hydrogen-bond donors (Lipinski definition) is 1. The molecule has 1 aromatic heterocycles. The molecule has 1 aliphatic carbocycles. The Hall–Kier alpha value is -2.75. The third-order valence-electron chi connectivity index (χ3n) is 6.68. The molecule has 1 atom stereocenters. The molecule has 1 N–H and O–H groups in total. The van der Waals surface area contributed by atoms with Gasteiger partial charge in [0.2, 0.25) is 15.9 Å². The van der Waals surface area contributed by atoms with E-state index in [2.05, 4.69) is 17.3 Å². The largest absolute Gasteiger partial charge is 0.310 e. The van der Waals surface area contributed by atoms with Crippen LogP contribution in [0.3, 0.4) is 0 Å². The number of carbonyl (C=O) groups excluding carboxylic acids is 1. The molecule has 174 valence electrons. The van der Waals surface area contributed by atoms with E-state index in [1.54, 1.807) is 18.3 Å². The molecule has 1 saturated carbocycles. The van der Waals surface area contributed by atoms with E-state index in [-0.39, 0.29) is 18.5 Å². The lowest BCUT2D eigenvalue weighted by atomic mass is 10.1. The summed E-state index contributed by atoms with van der Waals surface area (Å²) in [5.41, 5.74) is 0. The van der Waals surface area contributed by atoms with Crippen molar-refractivity contribution in [2.75, 3.05) is 38.0 Å². The second kappa shape index (κ2) is 8.89. The maximum atomic E-state index is 13.2. The summed E-state index contributed by atoms with van der Waals surface area (Å²) in [6, 6.07) is 15.1. The number of piperazine rings is 1. The number of carbonyl (C=O) groups is 1. The monoisotopic (exact) mass is 467 g/mol. The highest BCUT2D eigenvalue weighted by Crippen LogP contribution is 2.40. The van der Waals surface area contributed by atoms with Crippen molar-refractivity contribution in [1.29, 1.82) is 0 Å². The van der Waals surface area contributed by atoms with Gasteiger partial charge in [-0.05, 0) is 48.6 Å². The molecule has 2 fully saturated rings. The Balaban J connectivity index is 1.18. The first-order valence-electron chi connectivity index (χ1n) is 11.5. The van der Waals surface area contributed by atoms with Crippen LogP contribution in [-0.4, -0.2) is 66.0 Å². The zero-order valence-electron chi connectivity index (χ0n) is 18.7. The van der Waals surface area contributed by atoms with E-state index < -0.39 is 10.0 Å². The van der Waals surface area contributed by atoms with Gasteiger partial charge < -0.3 is 5.32 Å². The predicted octanol–water partition coefficient (Wildman–Crippen LogP) is 2.95. The highest BCUT2D eigenvalue weighted by molar-refractivity contribution is 7.89. The number of anilines is 1. The van der Waals surface area contributed by atoms with E-state index in [1.807, 2.05) is 46.0 Å². The number of nitrogens with zero attached hydrogens (tertiary/aromatic N) is 4. The molecule has 0 radical (unpaired) electrons. The third kappa shape index (κ3) is 4.66. The Labute approximate surface area is 194 Å². The van der Waals surface area contributed by atoms with Crippen LogP contribution in [-0.2, 0) is 14.8 Å². The Morgan fingerprint density at radius 2 is 1.79 bits per heavy atom. The van der Waals surface area contributed by atoms with Gasteiger partial charge >= 0.3 is 0 Å². The second-order valence-corrected chi connectivity index (χ2v) is 10.9. The van der Waals surface area contributed by atoms with Gasteiger partial charge in [-0.3, -0.25) is 9.69 Å². The molecule has 2 aliphatic rings. The summed E-state index contributed by atoms with van der Waals surface area (Å²) in [5.74, 6) is 1.25. The predicted molar refractivity (Wildman–Crippen MR) is 127 cm³/mol. The van der Waals surface area contributed by atoms with E-state index in [1.165, 1.54) is 17.1 Å². The SMILES string of the molecule is CC(C1CC1)n1nccc1NC(=O)CN1CCN(S(=O)(=O)c2ccc3ccccc3c2)CC1. The van der Waals surface area contributed by atoms with Gasteiger partial charge in [-0.1, -0.05) is 30.3 Å². The van der Waals surface area contributed by atoms with Crippen LogP contribution < -0.4 is 5.32 Å². The first-order chi connectivity index (χ1) is 15.9. The van der Waals surface area contributed by atoms with Gasteiger partial charge in [0.1, 0.15) is 5.82 Å². The number of sulfonamides is 1. The molecule has 0 spiro atoms. The summed E-state index contributed by atoms with van der Waals surface area (Å²) in [7, 11) is -3.57. The van der Waals surface area contributed by atoms with Crippen molar-refractivity contribution < 1.29 is 13.2 Å². The van der Waals surface area contributed by atoms with Crippen molar-refractivity contribution in [3.05, 3.63) is 54.7 Å². The standard InChI is InChI=1S/C24H29N5O3S/c1-18(19-6-7-19)29-23(10-11-25-29)26-24(30)17-27-12-14-28(15-13-27)33(31,32)22-9-8-20-4-2-3-5-21(20)16-22/h2-5,8-11,16,18-19H,6-7,12-15,17H2,1H3,(H,26,30). The van der Waals surface area contributed by atoms with Gasteiger partial charge in [-0.15, -0.1) is 0 Å². The first-order valence-corrected chi connectivity index (χ1v) is 12.9. The summed E-state index contributed by atoms with van der Waals surface area (Å²) in [4.78, 5) is 14.9. The third-order valence-corrected chi connectivity index (χ3v) is 8.58. The van der Waals surface area contributed by atoms with Crippen molar-refractivity contribution in [2.24, 2.45) is 5.92 Å². The average Bonchev–Trinajstić information content (AvgIpc) is 3.58. The summed E-state index contributed by atoms with van der Waals surface area (Å²) in [6.45, 7) is 4.11. The van der Waals surface area contributed by atoms with Gasteiger partial charge in [0.25, 0.3) is 0 Å². The van der Waals surface area contributed by atoms with Gasteiger partial charge in [-0.2, -0.15) is 9.40 Å². The van der Waals surface area contributed by atoms with Crippen LogP contribution >= 0.6 is 0 Å². The van der Waals surface area contributed by atoms with Crippen LogP contribution in [0.15, 0.2) is 59.6 Å². The highest BCUT2D eigenvalue weighted by Gasteiger charge is 2.31. The number of hydrogen-bond acceptors (Lipinski definition) is 5. The van der Waals surface area contributed by atoms with Crippen molar-refractivity contribution in [3.8, 4) is 0 Å². The van der Waals surface area contributed by atoms with Gasteiger partial charge in [0.05, 0.1) is 23.7 Å². The van der Waals surface area contributed by atoms with E-state index in [0.717, 1.165) is 16.6 Å². The van der Waals surface area contributed by atoms with Crippen molar-refractivity contribution in [2.45, 2.75) is 30.7 Å². The van der Waals surface area contributed by atoms with E-state index in [0.29, 0.717) is 37.0 Å². The van der Waals surface area contributed by atoms with Crippen molar-refractivity contribution >= 4 is 32.5 Å². The smallest absolute Gasteiger partial charge is 0.243 e. The molecule has 9 heteroatoms. The molecule has 33 heavy (non-hydrogen) atoms. The Bertz CT molecular complexity index is 1260. The zero-order valence-corrected chi connectivity index (χ0v) is 19.5. The molecule has 0 bridgehead atoms. The number of benzene rings is 2. The first kappa shape index (κ1) is 22.1. The van der Waals surface area contributed by atoms with Crippen LogP contribution in [0, 0.1) is 5.92 Å². The summed E-state index contributed by atoms with van der Waals surface area (Å²) >= 11 is 0. The molecule has 3 aromatic rings. The highest BCUT2D eigenvalue weighted by atomic mass is 32.2. The Kier molecular flexibility index (Phi) is 5.94. The number of rotatable bonds is 7. The molecule has 1 amide bonds. The number of nitrogens with one attached hydrogen (secondary N) is 1. The maximum absolute atomic E-state index is 13.2. The number of amides is 1. The second-order valence-electron chi connectivity index (χ2n) is 8.98. The minimum atomic E-state index is -3.57. The summed E-state index contributed by atoms with van der Waals surface area (Å²) in [5, 5.41) is 9.27. The molecular weight excluding hydrogens is 438 g/mol. The quantitative estimate of drug-likeness (QED) is 0.577. The van der Waals surface area contributed by atoms with Crippen molar-refractivity contribution in [3.63, 3.8) is 0 Å². The molecule has 5 rings (SSSR count). The molecule has 1 aliphatic heterocycles. The fourth-order valence-corrected chi connectivity index (χ4v) is 5.96. The van der Waals surface area contributed by atoms with Crippen LogP contribution in [0.2, 0.25) is 0 Å². The summed E-state index contributed by atoms with van der Waals surface area (Å²) < 4.78 is 29.7. The normalized spacial score (nSPS) is 18.9. The van der Waals surface area contributed by atoms with Gasteiger partial charge in [0, 0.05) is 32.2 Å². The fourth-order valence-electron chi connectivity index (χ4n) is 4.51. The van der Waals surface area contributed by atoms with Gasteiger partial charge in [-0.25, -0.2) is 13.1 Å². The topological polar surface area (TPSA) is 87.5 Å².